The number of carbonyl (C=O) groups is 1. The first kappa shape index (κ1) is 35.5. The second-order valence-electron chi connectivity index (χ2n) is 16.6. The molecule has 14 heteroatoms. The molecule has 0 N–H and O–H groups in total. The van der Waals surface area contributed by atoms with Gasteiger partial charge in [-0.25, -0.2) is 14.2 Å². The van der Waals surface area contributed by atoms with Crippen LogP contribution in [0, 0.1) is 0 Å². The number of hydrogen-bond donors (Lipinski definition) is 0. The number of hydrogen-bond acceptors (Lipinski definition) is 10. The predicted octanol–water partition coefficient (Wildman–Crippen LogP) is 7.13. The van der Waals surface area contributed by atoms with Crippen molar-refractivity contribution < 1.29 is 19.0 Å². The van der Waals surface area contributed by atoms with Gasteiger partial charge in [-0.15, -0.1) is 15.3 Å². The molecule has 0 aliphatic carbocycles. The highest BCUT2D eigenvalue weighted by Gasteiger charge is 2.46. The second kappa shape index (κ2) is 14.3. The van der Waals surface area contributed by atoms with Gasteiger partial charge in [0.1, 0.15) is 29.6 Å². The lowest BCUT2D eigenvalue weighted by Crippen LogP contribution is -2.53. The highest BCUT2D eigenvalue weighted by molar-refractivity contribution is 6.76. The molecule has 13 nitrogen and oxygen atoms in total. The van der Waals surface area contributed by atoms with Crippen LogP contribution in [0.1, 0.15) is 71.9 Å². The van der Waals surface area contributed by atoms with Crippen molar-refractivity contribution in [2.45, 2.75) is 128 Å². The van der Waals surface area contributed by atoms with Crippen molar-refractivity contribution >= 4 is 31.0 Å². The summed E-state index contributed by atoms with van der Waals surface area (Å²) in [4.78, 5) is 17.2. The standard InChI is InChI=1S/C37H53N9O4Si/c1-37(2,3)50-36(47)46-26-11-12-27(46)21-28(20-26)43(4)32-16-15-31(39-40-32)30-14-13-29(25-22-38-44(23-25)33-10-8-9-17-49-33)34-35(30)45(42-41-34)24-48-18-19-51(5,6)7/h13-16,22-23,26-28,33H,8-12,17-21,24H2,1-7H3. The molecule has 0 saturated carbocycles. The zero-order valence-electron chi connectivity index (χ0n) is 31.2. The molecule has 1 aromatic carbocycles. The summed E-state index contributed by atoms with van der Waals surface area (Å²) in [5.74, 6) is 0.806. The molecular weight excluding hydrogens is 663 g/mol. The predicted molar refractivity (Wildman–Crippen MR) is 199 cm³/mol. The SMILES string of the molecule is CN(c1ccc(-c2ccc(-c3cnn(C4CCCCO4)c3)c3nnn(COCC[Si](C)(C)C)c23)nn1)C1CC2CCC(C1)N2C(=O)OC(C)(C)C. The van der Waals surface area contributed by atoms with E-state index in [1.807, 2.05) is 59.6 Å². The normalized spacial score (nSPS) is 22.5. The van der Waals surface area contributed by atoms with Crippen molar-refractivity contribution in [2.75, 3.05) is 25.2 Å². The van der Waals surface area contributed by atoms with Crippen LogP contribution < -0.4 is 4.90 Å². The molecule has 3 atom stereocenters. The molecule has 4 aromatic rings. The largest absolute Gasteiger partial charge is 0.444 e. The van der Waals surface area contributed by atoms with Gasteiger partial charge in [0, 0.05) is 69.3 Å². The van der Waals surface area contributed by atoms with E-state index < -0.39 is 13.7 Å². The maximum absolute atomic E-state index is 13.0. The average Bonchev–Trinajstić information content (AvgIpc) is 3.82. The molecule has 3 aliphatic rings. The summed E-state index contributed by atoms with van der Waals surface area (Å²) in [5, 5.41) is 23.4. The Labute approximate surface area is 301 Å². The maximum atomic E-state index is 13.0. The van der Waals surface area contributed by atoms with E-state index in [4.69, 9.17) is 24.4 Å². The van der Waals surface area contributed by atoms with Gasteiger partial charge in [0.15, 0.2) is 5.82 Å². The Balaban J connectivity index is 1.13. The second-order valence-corrected chi connectivity index (χ2v) is 22.2. The summed E-state index contributed by atoms with van der Waals surface area (Å²) in [5.41, 5.74) is 4.64. The molecule has 6 heterocycles. The Hall–Kier alpha value is -3.88. The number of ether oxygens (including phenoxy) is 3. The van der Waals surface area contributed by atoms with Gasteiger partial charge >= 0.3 is 6.09 Å². The Morgan fingerprint density at radius 2 is 1.76 bits per heavy atom. The maximum Gasteiger partial charge on any atom is 0.410 e. The number of nitrogens with zero attached hydrogens (tertiary/aromatic N) is 9. The highest BCUT2D eigenvalue weighted by atomic mass is 28.3. The lowest BCUT2D eigenvalue weighted by atomic mass is 9.96. The molecule has 3 saturated heterocycles. The van der Waals surface area contributed by atoms with Crippen LogP contribution >= 0.6 is 0 Å². The van der Waals surface area contributed by atoms with Crippen molar-refractivity contribution in [3.05, 3.63) is 36.7 Å². The van der Waals surface area contributed by atoms with Crippen LogP contribution in [0.15, 0.2) is 36.7 Å². The molecule has 1 amide bonds. The van der Waals surface area contributed by atoms with Crippen molar-refractivity contribution in [2.24, 2.45) is 0 Å². The molecule has 274 valence electrons. The Morgan fingerprint density at radius 1 is 1.00 bits per heavy atom. The number of fused-ring (bicyclic) bond motifs is 3. The molecule has 3 fully saturated rings. The van der Waals surface area contributed by atoms with E-state index in [2.05, 4.69) is 59.1 Å². The highest BCUT2D eigenvalue weighted by Crippen LogP contribution is 2.40. The summed E-state index contributed by atoms with van der Waals surface area (Å²) in [6.45, 7) is 14.5. The number of aromatic nitrogens is 7. The zero-order chi connectivity index (χ0) is 35.9. The van der Waals surface area contributed by atoms with Crippen LogP contribution in [0.2, 0.25) is 25.7 Å². The molecule has 3 aromatic heterocycles. The third kappa shape index (κ3) is 7.82. The number of rotatable bonds is 10. The molecular formula is C37H53N9O4Si. The number of anilines is 1. The first-order valence-corrected chi connectivity index (χ1v) is 22.2. The molecule has 3 aliphatic heterocycles. The van der Waals surface area contributed by atoms with Crippen LogP contribution in [0.3, 0.4) is 0 Å². The minimum absolute atomic E-state index is 0.0442. The van der Waals surface area contributed by atoms with Crippen LogP contribution in [-0.4, -0.2) is 98.0 Å². The van der Waals surface area contributed by atoms with E-state index in [0.717, 1.165) is 96.8 Å². The summed E-state index contributed by atoms with van der Waals surface area (Å²) in [7, 11) is 0.837. The Kier molecular flexibility index (Phi) is 9.94. The lowest BCUT2D eigenvalue weighted by molar-refractivity contribution is -0.0394. The van der Waals surface area contributed by atoms with E-state index in [9.17, 15) is 4.79 Å². The smallest absolute Gasteiger partial charge is 0.410 e. The summed E-state index contributed by atoms with van der Waals surface area (Å²) < 4.78 is 21.6. The van der Waals surface area contributed by atoms with Gasteiger partial charge in [0.05, 0.1) is 11.9 Å². The third-order valence-electron chi connectivity index (χ3n) is 10.4. The van der Waals surface area contributed by atoms with E-state index >= 15 is 0 Å². The monoisotopic (exact) mass is 715 g/mol. The molecule has 51 heavy (non-hydrogen) atoms. The molecule has 3 unspecified atom stereocenters. The van der Waals surface area contributed by atoms with E-state index in [1.54, 1.807) is 0 Å². The quantitative estimate of drug-likeness (QED) is 0.124. The fourth-order valence-corrected chi connectivity index (χ4v) is 8.39. The fraction of sp³-hybridized carbons (Fsp3) is 0.622. The molecule has 0 spiro atoms. The van der Waals surface area contributed by atoms with Crippen molar-refractivity contribution in [1.29, 1.82) is 0 Å². The van der Waals surface area contributed by atoms with Crippen LogP contribution in [0.25, 0.3) is 33.4 Å². The fourth-order valence-electron chi connectivity index (χ4n) is 7.63. The minimum atomic E-state index is -1.25. The topological polar surface area (TPSA) is 126 Å². The molecule has 2 bridgehead atoms. The number of benzene rings is 1. The van der Waals surface area contributed by atoms with Gasteiger partial charge in [0.2, 0.25) is 0 Å². The summed E-state index contributed by atoms with van der Waals surface area (Å²) >= 11 is 0. The van der Waals surface area contributed by atoms with Gasteiger partial charge in [-0.05, 0) is 90.0 Å². The van der Waals surface area contributed by atoms with Crippen LogP contribution in [0.5, 0.6) is 0 Å². The van der Waals surface area contributed by atoms with Gasteiger partial charge in [-0.1, -0.05) is 30.9 Å². The Morgan fingerprint density at radius 3 is 2.43 bits per heavy atom. The van der Waals surface area contributed by atoms with Gasteiger partial charge < -0.3 is 24.0 Å². The van der Waals surface area contributed by atoms with Gasteiger partial charge in [0.25, 0.3) is 0 Å². The van der Waals surface area contributed by atoms with Crippen molar-refractivity contribution in [1.82, 2.24) is 39.9 Å². The summed E-state index contributed by atoms with van der Waals surface area (Å²) in [6.07, 6.45) is 10.6. The third-order valence-corrected chi connectivity index (χ3v) is 12.1. The number of piperidine rings is 1. The van der Waals surface area contributed by atoms with E-state index in [0.29, 0.717) is 13.3 Å². The Bertz CT molecular complexity index is 1810. The van der Waals surface area contributed by atoms with E-state index in [-0.39, 0.29) is 30.4 Å². The van der Waals surface area contributed by atoms with E-state index in [1.165, 1.54) is 0 Å². The average molecular weight is 716 g/mol. The van der Waals surface area contributed by atoms with Crippen LogP contribution in [-0.2, 0) is 20.9 Å². The van der Waals surface area contributed by atoms with Gasteiger partial charge in [-0.2, -0.15) is 5.10 Å². The molecule has 0 radical (unpaired) electrons. The van der Waals surface area contributed by atoms with Crippen molar-refractivity contribution in [3.63, 3.8) is 0 Å². The number of carbonyl (C=O) groups excluding carboxylic acids is 1. The molecule has 7 rings (SSSR count). The van der Waals surface area contributed by atoms with Crippen LogP contribution in [0.4, 0.5) is 10.6 Å². The first-order chi connectivity index (χ1) is 24.3. The zero-order valence-corrected chi connectivity index (χ0v) is 32.2. The summed E-state index contributed by atoms with van der Waals surface area (Å²) in [6, 6.07) is 9.89. The minimum Gasteiger partial charge on any atom is -0.444 e. The first-order valence-electron chi connectivity index (χ1n) is 18.5. The van der Waals surface area contributed by atoms with Crippen molar-refractivity contribution in [3.8, 4) is 22.4 Å². The van der Waals surface area contributed by atoms with Gasteiger partial charge in [-0.3, -0.25) is 0 Å². The number of amides is 1. The lowest BCUT2D eigenvalue weighted by Gasteiger charge is -2.42.